The van der Waals surface area contributed by atoms with Gasteiger partial charge >= 0.3 is 0 Å². The minimum atomic E-state index is 0.331. The molecule has 0 aromatic heterocycles. The molecule has 0 bridgehead atoms. The van der Waals surface area contributed by atoms with E-state index in [4.69, 9.17) is 4.74 Å². The van der Waals surface area contributed by atoms with Crippen molar-refractivity contribution in [2.45, 2.75) is 19.4 Å². The summed E-state index contributed by atoms with van der Waals surface area (Å²) < 4.78 is 5.83. The smallest absolute Gasteiger partial charge is 0.0874 e. The van der Waals surface area contributed by atoms with E-state index in [-0.39, 0.29) is 0 Å². The van der Waals surface area contributed by atoms with Gasteiger partial charge in [0.2, 0.25) is 0 Å². The Morgan fingerprint density at radius 3 is 3.11 bits per heavy atom. The van der Waals surface area contributed by atoms with Crippen molar-refractivity contribution in [3.8, 4) is 0 Å². The van der Waals surface area contributed by atoms with Crippen LogP contribution < -0.4 is 10.2 Å². The van der Waals surface area contributed by atoms with Crippen LogP contribution in [0.25, 0.3) is 0 Å². The molecule has 2 aliphatic heterocycles. The number of fused-ring (bicyclic) bond motifs is 1. The first kappa shape index (κ1) is 12.0. The minimum absolute atomic E-state index is 0.331. The van der Waals surface area contributed by atoms with Crippen LogP contribution in [0.2, 0.25) is 0 Å². The number of anilines is 1. The molecule has 2 heterocycles. The number of ether oxygens (including phenoxy) is 1. The quantitative estimate of drug-likeness (QED) is 0.859. The molecule has 3 heteroatoms. The Morgan fingerprint density at radius 1 is 1.39 bits per heavy atom. The third kappa shape index (κ3) is 2.52. The second kappa shape index (κ2) is 5.29. The number of rotatable bonds is 2. The van der Waals surface area contributed by atoms with Gasteiger partial charge in [-0.3, -0.25) is 0 Å². The first-order chi connectivity index (χ1) is 8.83. The second-order valence-electron chi connectivity index (χ2n) is 5.54. The summed E-state index contributed by atoms with van der Waals surface area (Å²) in [7, 11) is 0. The van der Waals surface area contributed by atoms with Crippen LogP contribution in [0.4, 0.5) is 5.69 Å². The molecule has 3 rings (SSSR count). The van der Waals surface area contributed by atoms with Crippen LogP contribution in [0.3, 0.4) is 0 Å². The fourth-order valence-corrected chi connectivity index (χ4v) is 3.06. The number of nitrogens with zero attached hydrogens (tertiary/aromatic N) is 1. The molecule has 1 aromatic carbocycles. The third-order valence-electron chi connectivity index (χ3n) is 3.86. The van der Waals surface area contributed by atoms with Gasteiger partial charge in [-0.15, -0.1) is 0 Å². The predicted octanol–water partition coefficient (Wildman–Crippen LogP) is 1.67. The summed E-state index contributed by atoms with van der Waals surface area (Å²) in [5, 5.41) is 3.41. The highest BCUT2D eigenvalue weighted by molar-refractivity contribution is 5.55. The Labute approximate surface area is 109 Å². The van der Waals surface area contributed by atoms with Gasteiger partial charge in [-0.05, 0) is 24.0 Å². The van der Waals surface area contributed by atoms with Crippen molar-refractivity contribution in [2.75, 3.05) is 37.7 Å². The van der Waals surface area contributed by atoms with E-state index < -0.39 is 0 Å². The lowest BCUT2D eigenvalue weighted by Gasteiger charge is -2.38. The highest BCUT2D eigenvalue weighted by Crippen LogP contribution is 2.29. The fourth-order valence-electron chi connectivity index (χ4n) is 3.06. The fraction of sp³-hybridized carbons (Fsp3) is 0.600. The van der Waals surface area contributed by atoms with Gasteiger partial charge in [-0.25, -0.2) is 0 Å². The molecule has 0 aliphatic carbocycles. The van der Waals surface area contributed by atoms with Crippen molar-refractivity contribution in [1.82, 2.24) is 5.32 Å². The summed E-state index contributed by atoms with van der Waals surface area (Å²) in [6, 6.07) is 8.80. The van der Waals surface area contributed by atoms with Gasteiger partial charge in [-0.2, -0.15) is 0 Å². The first-order valence-corrected chi connectivity index (χ1v) is 6.98. The molecule has 3 nitrogen and oxygen atoms in total. The maximum Gasteiger partial charge on any atom is 0.0874 e. The lowest BCUT2D eigenvalue weighted by molar-refractivity contribution is 0.0328. The molecule has 2 atom stereocenters. The van der Waals surface area contributed by atoms with E-state index in [0.29, 0.717) is 6.10 Å². The van der Waals surface area contributed by atoms with Crippen LogP contribution in [-0.4, -0.2) is 38.9 Å². The minimum Gasteiger partial charge on any atom is -0.374 e. The zero-order valence-electron chi connectivity index (χ0n) is 11.1. The van der Waals surface area contributed by atoms with Gasteiger partial charge in [0.25, 0.3) is 0 Å². The third-order valence-corrected chi connectivity index (χ3v) is 3.86. The summed E-state index contributed by atoms with van der Waals surface area (Å²) in [5.74, 6) is 0.733. The highest BCUT2D eigenvalue weighted by atomic mass is 16.5. The number of hydrogen-bond donors (Lipinski definition) is 1. The highest BCUT2D eigenvalue weighted by Gasteiger charge is 2.24. The maximum atomic E-state index is 5.83. The zero-order chi connectivity index (χ0) is 12.4. The molecule has 2 aliphatic rings. The molecule has 98 valence electrons. The number of morpholine rings is 1. The summed E-state index contributed by atoms with van der Waals surface area (Å²) >= 11 is 0. The molecule has 18 heavy (non-hydrogen) atoms. The van der Waals surface area contributed by atoms with Crippen LogP contribution in [0, 0.1) is 5.92 Å². The molecular formula is C15H22N2O. The van der Waals surface area contributed by atoms with Gasteiger partial charge in [0.05, 0.1) is 12.7 Å². The summed E-state index contributed by atoms with van der Waals surface area (Å²) in [6.07, 6.45) is 1.54. The molecule has 1 N–H and O–H groups in total. The van der Waals surface area contributed by atoms with Crippen molar-refractivity contribution in [3.05, 3.63) is 29.8 Å². The van der Waals surface area contributed by atoms with E-state index in [2.05, 4.69) is 41.4 Å². The van der Waals surface area contributed by atoms with E-state index >= 15 is 0 Å². The van der Waals surface area contributed by atoms with Gasteiger partial charge in [0.15, 0.2) is 0 Å². The lowest BCUT2D eigenvalue weighted by atomic mass is 9.93. The van der Waals surface area contributed by atoms with Crippen LogP contribution in [0.1, 0.15) is 12.5 Å². The van der Waals surface area contributed by atoms with Gasteiger partial charge in [-0.1, -0.05) is 25.1 Å². The van der Waals surface area contributed by atoms with Gasteiger partial charge < -0.3 is 15.0 Å². The topological polar surface area (TPSA) is 24.5 Å². The monoisotopic (exact) mass is 246 g/mol. The summed E-state index contributed by atoms with van der Waals surface area (Å²) in [4.78, 5) is 2.50. The van der Waals surface area contributed by atoms with Crippen molar-refractivity contribution < 1.29 is 4.74 Å². The van der Waals surface area contributed by atoms with Crippen LogP contribution >= 0.6 is 0 Å². The van der Waals surface area contributed by atoms with Crippen LogP contribution in [-0.2, 0) is 11.2 Å². The Kier molecular flexibility index (Phi) is 3.52. The molecule has 1 fully saturated rings. The van der Waals surface area contributed by atoms with E-state index in [9.17, 15) is 0 Å². The Morgan fingerprint density at radius 2 is 2.28 bits per heavy atom. The Balaban J connectivity index is 1.75. The molecular weight excluding hydrogens is 224 g/mol. The zero-order valence-corrected chi connectivity index (χ0v) is 11.1. The second-order valence-corrected chi connectivity index (χ2v) is 5.54. The van der Waals surface area contributed by atoms with E-state index in [0.717, 1.165) is 38.7 Å². The molecule has 0 radical (unpaired) electrons. The van der Waals surface area contributed by atoms with Crippen LogP contribution in [0.15, 0.2) is 24.3 Å². The maximum absolute atomic E-state index is 5.83. The molecule has 0 amide bonds. The van der Waals surface area contributed by atoms with Crippen molar-refractivity contribution in [1.29, 1.82) is 0 Å². The molecule has 1 saturated heterocycles. The van der Waals surface area contributed by atoms with Gasteiger partial charge in [0.1, 0.15) is 0 Å². The molecule has 2 unspecified atom stereocenters. The predicted molar refractivity (Wildman–Crippen MR) is 74.1 cm³/mol. The standard InChI is InChI=1S/C15H22N2O/c1-12-8-13-4-2-3-5-15(13)17(10-12)11-14-9-16-6-7-18-14/h2-5,12,14,16H,6-11H2,1H3. The van der Waals surface area contributed by atoms with Crippen molar-refractivity contribution in [3.63, 3.8) is 0 Å². The average molecular weight is 246 g/mol. The molecule has 0 saturated carbocycles. The lowest BCUT2D eigenvalue weighted by Crippen LogP contribution is -2.47. The molecule has 1 aromatic rings. The average Bonchev–Trinajstić information content (AvgIpc) is 2.40. The van der Waals surface area contributed by atoms with E-state index in [1.807, 2.05) is 0 Å². The normalized spacial score (nSPS) is 27.9. The van der Waals surface area contributed by atoms with E-state index in [1.54, 1.807) is 0 Å². The largest absolute Gasteiger partial charge is 0.374 e. The SMILES string of the molecule is CC1Cc2ccccc2N(CC2CNCCO2)C1. The van der Waals surface area contributed by atoms with Gasteiger partial charge in [0, 0.05) is 31.9 Å². The number of nitrogens with one attached hydrogen (secondary N) is 1. The first-order valence-electron chi connectivity index (χ1n) is 6.98. The van der Waals surface area contributed by atoms with Crippen molar-refractivity contribution >= 4 is 5.69 Å². The number of hydrogen-bond acceptors (Lipinski definition) is 3. The number of benzene rings is 1. The van der Waals surface area contributed by atoms with E-state index in [1.165, 1.54) is 17.7 Å². The summed E-state index contributed by atoms with van der Waals surface area (Å²) in [5.41, 5.74) is 2.89. The Bertz CT molecular complexity index is 401. The Hall–Kier alpha value is -1.06. The molecule has 0 spiro atoms. The number of para-hydroxylation sites is 1. The van der Waals surface area contributed by atoms with Crippen molar-refractivity contribution in [2.24, 2.45) is 5.92 Å². The summed E-state index contributed by atoms with van der Waals surface area (Å²) in [6.45, 7) is 7.31. The van der Waals surface area contributed by atoms with Crippen LogP contribution in [0.5, 0.6) is 0 Å².